The molecule has 1 fully saturated rings. The molecule has 1 N–H and O–H groups in total. The van der Waals surface area contributed by atoms with Crippen LogP contribution in [0.4, 0.5) is 5.69 Å². The molecule has 2 heterocycles. The number of rotatable bonds is 3. The van der Waals surface area contributed by atoms with Crippen molar-refractivity contribution in [2.24, 2.45) is 5.92 Å². The first-order valence-electron chi connectivity index (χ1n) is 7.53. The van der Waals surface area contributed by atoms with Gasteiger partial charge in [-0.15, -0.1) is 0 Å². The van der Waals surface area contributed by atoms with Gasteiger partial charge in [-0.2, -0.15) is 0 Å². The van der Waals surface area contributed by atoms with Crippen LogP contribution in [-0.2, 0) is 4.79 Å². The largest absolute Gasteiger partial charge is 0.360 e. The lowest BCUT2D eigenvalue weighted by Crippen LogP contribution is -2.28. The maximum Gasteiger partial charge on any atom is 0.229 e. The second-order valence-corrected chi connectivity index (χ2v) is 6.05. The van der Waals surface area contributed by atoms with E-state index in [1.807, 2.05) is 51.2 Å². The second kappa shape index (κ2) is 5.93. The summed E-state index contributed by atoms with van der Waals surface area (Å²) in [6, 6.07) is 9.56. The summed E-state index contributed by atoms with van der Waals surface area (Å²) in [7, 11) is 2.03. The average molecular weight is 299 g/mol. The monoisotopic (exact) mass is 299 g/mol. The van der Waals surface area contributed by atoms with E-state index < -0.39 is 0 Å². The van der Waals surface area contributed by atoms with Crippen LogP contribution in [0.15, 0.2) is 34.9 Å². The van der Waals surface area contributed by atoms with Crippen molar-refractivity contribution in [2.75, 3.05) is 25.5 Å². The number of likely N-dealkylation sites (tertiary alicyclic amines) is 1. The summed E-state index contributed by atoms with van der Waals surface area (Å²) >= 11 is 0. The Labute approximate surface area is 130 Å². The van der Waals surface area contributed by atoms with Crippen LogP contribution in [0, 0.1) is 19.8 Å². The van der Waals surface area contributed by atoms with Crippen molar-refractivity contribution in [1.82, 2.24) is 10.1 Å². The highest BCUT2D eigenvalue weighted by Crippen LogP contribution is 2.35. The third-order valence-corrected chi connectivity index (χ3v) is 4.41. The maximum atomic E-state index is 12.7. The second-order valence-electron chi connectivity index (χ2n) is 6.05. The molecule has 0 radical (unpaired) electrons. The number of aromatic nitrogens is 1. The summed E-state index contributed by atoms with van der Waals surface area (Å²) < 4.78 is 5.50. The molecule has 3 rings (SSSR count). The van der Waals surface area contributed by atoms with E-state index in [9.17, 15) is 4.79 Å². The molecular weight excluding hydrogens is 278 g/mol. The first-order valence-corrected chi connectivity index (χ1v) is 7.53. The van der Waals surface area contributed by atoms with Gasteiger partial charge >= 0.3 is 0 Å². The first kappa shape index (κ1) is 14.8. The van der Waals surface area contributed by atoms with Crippen LogP contribution in [0.3, 0.4) is 0 Å². The van der Waals surface area contributed by atoms with E-state index in [4.69, 9.17) is 4.52 Å². The van der Waals surface area contributed by atoms with Crippen molar-refractivity contribution in [3.05, 3.63) is 47.3 Å². The number of carbonyl (C=O) groups excluding carboxylic acids is 1. The molecule has 5 heteroatoms. The molecule has 2 atom stereocenters. The molecule has 1 aromatic heterocycles. The molecule has 0 aliphatic carbocycles. The minimum atomic E-state index is -0.128. The van der Waals surface area contributed by atoms with Crippen LogP contribution in [0.2, 0.25) is 0 Å². The van der Waals surface area contributed by atoms with E-state index in [2.05, 4.69) is 15.4 Å². The molecule has 5 nitrogen and oxygen atoms in total. The molecule has 1 saturated heterocycles. The molecule has 1 aliphatic rings. The molecule has 22 heavy (non-hydrogen) atoms. The summed E-state index contributed by atoms with van der Waals surface area (Å²) in [4.78, 5) is 14.8. The number of hydrogen-bond acceptors (Lipinski definition) is 4. The topological polar surface area (TPSA) is 58.4 Å². The molecular formula is C17H21N3O2. The summed E-state index contributed by atoms with van der Waals surface area (Å²) in [5, 5.41) is 7.04. The van der Waals surface area contributed by atoms with Crippen molar-refractivity contribution in [3.63, 3.8) is 0 Å². The number of amides is 1. The fourth-order valence-corrected chi connectivity index (χ4v) is 3.07. The number of aryl methyl sites for hydroxylation is 1. The van der Waals surface area contributed by atoms with Gasteiger partial charge in [-0.05, 0) is 33.0 Å². The van der Waals surface area contributed by atoms with E-state index in [1.165, 1.54) is 0 Å². The lowest BCUT2D eigenvalue weighted by Gasteiger charge is -2.16. The third kappa shape index (κ3) is 2.76. The van der Waals surface area contributed by atoms with Crippen LogP contribution in [0.1, 0.15) is 22.9 Å². The summed E-state index contributed by atoms with van der Waals surface area (Å²) in [6.45, 7) is 5.47. The number of carbonyl (C=O) groups is 1. The number of hydrogen-bond donors (Lipinski definition) is 1. The normalized spacial score (nSPS) is 22.0. The molecule has 116 valence electrons. The predicted molar refractivity (Wildman–Crippen MR) is 84.8 cm³/mol. The van der Waals surface area contributed by atoms with Gasteiger partial charge in [0.25, 0.3) is 0 Å². The van der Waals surface area contributed by atoms with E-state index in [0.29, 0.717) is 0 Å². The predicted octanol–water partition coefficient (Wildman–Crippen LogP) is 2.58. The number of para-hydroxylation sites is 1. The summed E-state index contributed by atoms with van der Waals surface area (Å²) in [5.41, 5.74) is 2.77. The minimum absolute atomic E-state index is 0.0361. The van der Waals surface area contributed by atoms with Gasteiger partial charge in [0.2, 0.25) is 5.91 Å². The molecule has 1 aliphatic heterocycles. The maximum absolute atomic E-state index is 12.7. The van der Waals surface area contributed by atoms with Crippen molar-refractivity contribution in [1.29, 1.82) is 0 Å². The molecule has 0 saturated carbocycles. The average Bonchev–Trinajstić information content (AvgIpc) is 3.04. The Morgan fingerprint density at radius 2 is 2.00 bits per heavy atom. The SMILES string of the molecule is Cc1noc([C@H]2CN(C)C[C@@H]2C(=O)Nc2ccccc2)c1C. The van der Waals surface area contributed by atoms with Crippen LogP contribution >= 0.6 is 0 Å². The Bertz CT molecular complexity index is 666. The van der Waals surface area contributed by atoms with Gasteiger partial charge in [0.1, 0.15) is 5.76 Å². The molecule has 1 aromatic carbocycles. The minimum Gasteiger partial charge on any atom is -0.360 e. The highest BCUT2D eigenvalue weighted by atomic mass is 16.5. The number of nitrogens with zero attached hydrogens (tertiary/aromatic N) is 2. The quantitative estimate of drug-likeness (QED) is 0.946. The van der Waals surface area contributed by atoms with Gasteiger partial charge in [0.05, 0.1) is 11.6 Å². The highest BCUT2D eigenvalue weighted by Gasteiger charge is 2.40. The molecule has 0 unspecified atom stereocenters. The number of nitrogens with one attached hydrogen (secondary N) is 1. The van der Waals surface area contributed by atoms with Gasteiger partial charge in [-0.3, -0.25) is 4.79 Å². The van der Waals surface area contributed by atoms with Gasteiger partial charge in [0, 0.05) is 30.3 Å². The summed E-state index contributed by atoms with van der Waals surface area (Å²) in [6.07, 6.45) is 0. The van der Waals surface area contributed by atoms with E-state index in [1.54, 1.807) is 0 Å². The highest BCUT2D eigenvalue weighted by molar-refractivity contribution is 5.93. The summed E-state index contributed by atoms with van der Waals surface area (Å²) in [5.74, 6) is 0.801. The van der Waals surface area contributed by atoms with Gasteiger partial charge < -0.3 is 14.7 Å². The van der Waals surface area contributed by atoms with Crippen molar-refractivity contribution < 1.29 is 9.32 Å². The number of benzene rings is 1. The standard InChI is InChI=1S/C17H21N3O2/c1-11-12(2)19-22-16(11)14-9-20(3)10-15(14)17(21)18-13-7-5-4-6-8-13/h4-8,14-15H,9-10H2,1-3H3,(H,18,21)/t14-,15-/m0/s1. The smallest absolute Gasteiger partial charge is 0.229 e. The van der Waals surface area contributed by atoms with Crippen molar-refractivity contribution >= 4 is 11.6 Å². The lowest BCUT2D eigenvalue weighted by molar-refractivity contribution is -0.120. The van der Waals surface area contributed by atoms with Crippen molar-refractivity contribution in [3.8, 4) is 0 Å². The number of likely N-dealkylation sites (N-methyl/N-ethyl adjacent to an activating group) is 1. The third-order valence-electron chi connectivity index (χ3n) is 4.41. The van der Waals surface area contributed by atoms with Crippen molar-refractivity contribution in [2.45, 2.75) is 19.8 Å². The fraction of sp³-hybridized carbons (Fsp3) is 0.412. The van der Waals surface area contributed by atoms with E-state index in [-0.39, 0.29) is 17.7 Å². The van der Waals surface area contributed by atoms with Gasteiger partial charge in [-0.25, -0.2) is 0 Å². The van der Waals surface area contributed by atoms with Crippen LogP contribution in [0.5, 0.6) is 0 Å². The number of anilines is 1. The molecule has 2 aromatic rings. The molecule has 0 bridgehead atoms. The van der Waals surface area contributed by atoms with Gasteiger partial charge in [-0.1, -0.05) is 23.4 Å². The Hall–Kier alpha value is -2.14. The Kier molecular flexibility index (Phi) is 3.98. The van der Waals surface area contributed by atoms with Crippen LogP contribution < -0.4 is 5.32 Å². The zero-order chi connectivity index (χ0) is 15.7. The van der Waals surface area contributed by atoms with Gasteiger partial charge in [0.15, 0.2) is 0 Å². The Morgan fingerprint density at radius 1 is 1.27 bits per heavy atom. The Morgan fingerprint density at radius 3 is 2.64 bits per heavy atom. The van der Waals surface area contributed by atoms with Crippen LogP contribution in [-0.4, -0.2) is 36.1 Å². The Balaban J connectivity index is 1.81. The lowest BCUT2D eigenvalue weighted by atomic mass is 9.90. The van der Waals surface area contributed by atoms with E-state index >= 15 is 0 Å². The van der Waals surface area contributed by atoms with E-state index in [0.717, 1.165) is 35.8 Å². The zero-order valence-corrected chi connectivity index (χ0v) is 13.2. The first-order chi connectivity index (χ1) is 10.6. The molecule has 1 amide bonds. The fourth-order valence-electron chi connectivity index (χ4n) is 3.07. The van der Waals surface area contributed by atoms with Crippen LogP contribution in [0.25, 0.3) is 0 Å². The zero-order valence-electron chi connectivity index (χ0n) is 13.2. The molecule has 0 spiro atoms.